The number of rotatable bonds is 1. The largest absolute Gasteiger partial charge is 0.392 e. The highest BCUT2D eigenvalue weighted by atomic mass is 131. The highest BCUT2D eigenvalue weighted by Gasteiger charge is 1.88. The van der Waals surface area contributed by atoms with Crippen LogP contribution in [0.1, 0.15) is 5.56 Å². The fourth-order valence-electron chi connectivity index (χ4n) is 0.635. The van der Waals surface area contributed by atoms with Crippen molar-refractivity contribution in [2.24, 2.45) is 0 Å². The van der Waals surface area contributed by atoms with Gasteiger partial charge in [0.15, 0.2) is 0 Å². The van der Waals surface area contributed by atoms with E-state index < -0.39 is 0 Å². The normalized spacial score (nSPS) is 9.56. The lowest BCUT2D eigenvalue weighted by atomic mass is 10.2. The molecule has 2 heteroatoms. The molecule has 0 saturated heterocycles. The average molecular weight is 238 g/mol. The third kappa shape index (κ3) is 1.95. The fourth-order valence-corrected chi connectivity index (χ4v) is 1.24. The fraction of sp³-hybridized carbons (Fsp3) is 0.143. The van der Waals surface area contributed by atoms with Crippen molar-refractivity contribution in [3.05, 3.63) is 33.4 Å². The molecule has 1 aromatic rings. The second-order valence-corrected chi connectivity index (χ2v) is 3.03. The van der Waals surface area contributed by atoms with Crippen LogP contribution in [0.4, 0.5) is 0 Å². The molecule has 0 unspecified atom stereocenters. The predicted octanol–water partition coefficient (Wildman–Crippen LogP) is 1.78. The minimum atomic E-state index is 0.136. The van der Waals surface area contributed by atoms with E-state index in [1.807, 2.05) is 24.3 Å². The van der Waals surface area contributed by atoms with Gasteiger partial charge in [0.25, 0.3) is 0 Å². The zero-order valence-electron chi connectivity index (χ0n) is 4.84. The van der Waals surface area contributed by atoms with E-state index in [1.165, 1.54) is 3.57 Å². The van der Waals surface area contributed by atoms with Crippen LogP contribution in [0.2, 0.25) is 0 Å². The third-order valence-electron chi connectivity index (χ3n) is 1.07. The maximum absolute atomic E-state index is 8.66. The van der Waals surface area contributed by atoms with E-state index in [2.05, 4.69) is 22.6 Å². The van der Waals surface area contributed by atoms with Crippen molar-refractivity contribution in [3.8, 4) is 0 Å². The van der Waals surface area contributed by atoms with Gasteiger partial charge in [-0.15, -0.1) is 0 Å². The van der Waals surface area contributed by atoms with Gasteiger partial charge in [-0.2, -0.15) is 0 Å². The van der Waals surface area contributed by atoms with Gasteiger partial charge in [0, 0.05) is 3.57 Å². The minimum absolute atomic E-state index is 0.136. The summed E-state index contributed by atoms with van der Waals surface area (Å²) < 4.78 is 1.17. The zero-order valence-corrected chi connectivity index (χ0v) is 7.00. The predicted molar refractivity (Wildman–Crippen MR) is 45.1 cm³/mol. The first kappa shape index (κ1) is 7.02. The molecule has 0 aliphatic carbocycles. The second kappa shape index (κ2) is 3.17. The lowest BCUT2D eigenvalue weighted by Crippen LogP contribution is -1.81. The Labute approximate surface area is 67.9 Å². The smallest absolute Gasteiger partial charge is 0.0682 e. The van der Waals surface area contributed by atoms with E-state index in [0.29, 0.717) is 0 Å². The summed E-state index contributed by atoms with van der Waals surface area (Å²) in [5.74, 6) is 0. The van der Waals surface area contributed by atoms with Gasteiger partial charge in [-0.05, 0) is 40.3 Å². The molecule has 0 heterocycles. The summed E-state index contributed by atoms with van der Waals surface area (Å²) in [6.45, 7) is 0.136. The summed E-state index contributed by atoms with van der Waals surface area (Å²) in [4.78, 5) is 0. The summed E-state index contributed by atoms with van der Waals surface area (Å²) in [5.41, 5.74) is 0.974. The molecule has 0 radical (unpaired) electrons. The SMILES string of the molecule is OCc1cccc([131I])c1. The van der Waals surface area contributed by atoms with E-state index in [-0.39, 0.29) is 6.61 Å². The topological polar surface area (TPSA) is 20.2 Å². The van der Waals surface area contributed by atoms with Crippen molar-refractivity contribution in [1.29, 1.82) is 0 Å². The quantitative estimate of drug-likeness (QED) is 0.739. The van der Waals surface area contributed by atoms with E-state index in [0.717, 1.165) is 5.56 Å². The van der Waals surface area contributed by atoms with Crippen molar-refractivity contribution >= 4 is 22.6 Å². The van der Waals surface area contributed by atoms with Gasteiger partial charge in [-0.3, -0.25) is 0 Å². The molecule has 1 aromatic carbocycles. The van der Waals surface area contributed by atoms with Crippen LogP contribution in [-0.2, 0) is 6.61 Å². The Morgan fingerprint density at radius 3 is 2.67 bits per heavy atom. The number of aliphatic hydroxyl groups is 1. The highest BCUT2D eigenvalue weighted by Crippen LogP contribution is 2.06. The van der Waals surface area contributed by atoms with Crippen molar-refractivity contribution in [3.63, 3.8) is 0 Å². The molecular weight excluding hydrogens is 231 g/mol. The summed E-state index contributed by atoms with van der Waals surface area (Å²) in [6, 6.07) is 7.80. The molecule has 0 amide bonds. The first-order valence-electron chi connectivity index (χ1n) is 2.68. The lowest BCUT2D eigenvalue weighted by molar-refractivity contribution is 0.282. The van der Waals surface area contributed by atoms with Gasteiger partial charge in [0.1, 0.15) is 0 Å². The molecule has 0 saturated carbocycles. The summed E-state index contributed by atoms with van der Waals surface area (Å²) in [6.07, 6.45) is 0. The Hall–Kier alpha value is -0.0900. The van der Waals surface area contributed by atoms with Crippen LogP contribution >= 0.6 is 22.6 Å². The van der Waals surface area contributed by atoms with E-state index in [4.69, 9.17) is 5.11 Å². The van der Waals surface area contributed by atoms with Crippen LogP contribution in [-0.4, -0.2) is 5.11 Å². The number of hydrogen-bond acceptors (Lipinski definition) is 1. The molecule has 0 aromatic heterocycles. The zero-order chi connectivity index (χ0) is 6.69. The molecule has 0 aliphatic heterocycles. The molecule has 0 aliphatic rings. The van der Waals surface area contributed by atoms with Gasteiger partial charge in [-0.25, -0.2) is 0 Å². The van der Waals surface area contributed by atoms with Crippen molar-refractivity contribution in [1.82, 2.24) is 0 Å². The van der Waals surface area contributed by atoms with Gasteiger partial charge in [-0.1, -0.05) is 12.1 Å². The lowest BCUT2D eigenvalue weighted by Gasteiger charge is -1.93. The van der Waals surface area contributed by atoms with Gasteiger partial charge >= 0.3 is 0 Å². The van der Waals surface area contributed by atoms with Gasteiger partial charge in [0.05, 0.1) is 6.61 Å². The van der Waals surface area contributed by atoms with Crippen molar-refractivity contribution in [2.75, 3.05) is 0 Å². The van der Waals surface area contributed by atoms with Crippen LogP contribution in [0.3, 0.4) is 0 Å². The number of halogens is 1. The van der Waals surface area contributed by atoms with Crippen LogP contribution in [0.5, 0.6) is 0 Å². The number of benzene rings is 1. The summed E-state index contributed by atoms with van der Waals surface area (Å²) >= 11 is 2.22. The highest BCUT2D eigenvalue weighted by molar-refractivity contribution is 14.1. The van der Waals surface area contributed by atoms with E-state index in [9.17, 15) is 0 Å². The molecule has 0 atom stereocenters. The molecule has 1 N–H and O–H groups in total. The molecule has 0 bridgehead atoms. The monoisotopic (exact) mass is 238 g/mol. The average Bonchev–Trinajstić information content (AvgIpc) is 1.88. The first-order valence-corrected chi connectivity index (χ1v) is 3.76. The van der Waals surface area contributed by atoms with Crippen LogP contribution in [0.25, 0.3) is 0 Å². The Morgan fingerprint density at radius 2 is 2.22 bits per heavy atom. The number of hydrogen-bond donors (Lipinski definition) is 1. The Bertz CT molecular complexity index is 198. The Morgan fingerprint density at radius 1 is 1.44 bits per heavy atom. The maximum atomic E-state index is 8.66. The third-order valence-corrected chi connectivity index (χ3v) is 1.74. The second-order valence-electron chi connectivity index (χ2n) is 1.79. The molecular formula is C7H7IO. The minimum Gasteiger partial charge on any atom is -0.392 e. The van der Waals surface area contributed by atoms with E-state index in [1.54, 1.807) is 0 Å². The standard InChI is InChI=1S/C7H7IO/c8-7-3-1-2-6(4-7)5-9/h1-4,9H,5H2/i8+4. The number of aliphatic hydroxyl groups excluding tert-OH is 1. The summed E-state index contributed by atoms with van der Waals surface area (Å²) in [7, 11) is 0. The van der Waals surface area contributed by atoms with Crippen molar-refractivity contribution < 1.29 is 5.11 Å². The van der Waals surface area contributed by atoms with Crippen LogP contribution < -0.4 is 0 Å². The van der Waals surface area contributed by atoms with Crippen LogP contribution in [0, 0.1) is 3.57 Å². The van der Waals surface area contributed by atoms with E-state index >= 15 is 0 Å². The Balaban J connectivity index is 2.94. The molecule has 48 valence electrons. The summed E-state index contributed by atoms with van der Waals surface area (Å²) in [5, 5.41) is 8.66. The van der Waals surface area contributed by atoms with Gasteiger partial charge < -0.3 is 5.11 Å². The Kier molecular flexibility index (Phi) is 2.48. The maximum Gasteiger partial charge on any atom is 0.0682 e. The molecule has 0 fully saturated rings. The van der Waals surface area contributed by atoms with Crippen LogP contribution in [0.15, 0.2) is 24.3 Å². The molecule has 9 heavy (non-hydrogen) atoms. The van der Waals surface area contributed by atoms with Gasteiger partial charge in [0.2, 0.25) is 0 Å². The molecule has 0 spiro atoms. The van der Waals surface area contributed by atoms with Crippen molar-refractivity contribution in [2.45, 2.75) is 6.61 Å². The molecule has 1 rings (SSSR count). The first-order chi connectivity index (χ1) is 4.33. The molecule has 1 nitrogen and oxygen atoms in total.